The summed E-state index contributed by atoms with van der Waals surface area (Å²) in [7, 11) is 0. The van der Waals surface area contributed by atoms with E-state index in [0.29, 0.717) is 0 Å². The fourth-order valence-electron chi connectivity index (χ4n) is 2.42. The maximum Gasteiger partial charge on any atom is 0.0461 e. The summed E-state index contributed by atoms with van der Waals surface area (Å²) in [6, 6.07) is 4.63. The van der Waals surface area contributed by atoms with Gasteiger partial charge in [-0.2, -0.15) is 0 Å². The zero-order chi connectivity index (χ0) is 11.0. The van der Waals surface area contributed by atoms with Crippen molar-refractivity contribution in [3.63, 3.8) is 0 Å². The lowest BCUT2D eigenvalue weighted by Crippen LogP contribution is -1.87. The second-order valence-corrected chi connectivity index (χ2v) is 4.26. The molecule has 80 valence electrons. The van der Waals surface area contributed by atoms with E-state index in [4.69, 9.17) is 0 Å². The van der Waals surface area contributed by atoms with E-state index < -0.39 is 0 Å². The molecule has 2 rings (SSSR count). The first-order chi connectivity index (χ1) is 7.17. The van der Waals surface area contributed by atoms with Crippen molar-refractivity contribution in [2.45, 2.75) is 40.5 Å². The highest BCUT2D eigenvalue weighted by atomic mass is 14.7. The highest BCUT2D eigenvalue weighted by molar-refractivity contribution is 5.86. The molecule has 15 heavy (non-hydrogen) atoms. The van der Waals surface area contributed by atoms with E-state index in [9.17, 15) is 0 Å². The van der Waals surface area contributed by atoms with Gasteiger partial charge in [-0.1, -0.05) is 13.8 Å². The van der Waals surface area contributed by atoms with Gasteiger partial charge in [0.05, 0.1) is 0 Å². The number of aromatic amines is 1. The number of H-pyrrole nitrogens is 1. The van der Waals surface area contributed by atoms with Crippen molar-refractivity contribution in [1.82, 2.24) is 4.98 Å². The van der Waals surface area contributed by atoms with Gasteiger partial charge in [-0.3, -0.25) is 0 Å². The molecule has 1 heterocycles. The molecule has 0 radical (unpaired) electrons. The number of nitrogens with one attached hydrogen (secondary N) is 1. The van der Waals surface area contributed by atoms with Gasteiger partial charge in [0.2, 0.25) is 0 Å². The van der Waals surface area contributed by atoms with Crippen LogP contribution in [0.4, 0.5) is 0 Å². The average molecular weight is 201 g/mol. The van der Waals surface area contributed by atoms with Crippen molar-refractivity contribution in [3.05, 3.63) is 34.5 Å². The standard InChI is InChI=1S/C14H19N/c1-5-11-8-13-12(6-2)10(4)15-14(13)7-9(11)3/h7-8,15H,5-6H2,1-4H3. The monoisotopic (exact) mass is 201 g/mol. The second-order valence-electron chi connectivity index (χ2n) is 4.26. The topological polar surface area (TPSA) is 15.8 Å². The molecule has 0 bridgehead atoms. The Morgan fingerprint density at radius 1 is 1.07 bits per heavy atom. The first-order valence-corrected chi connectivity index (χ1v) is 5.78. The van der Waals surface area contributed by atoms with Crippen LogP contribution in [-0.4, -0.2) is 4.98 Å². The molecule has 0 aliphatic heterocycles. The quantitative estimate of drug-likeness (QED) is 0.758. The Hall–Kier alpha value is -1.24. The molecule has 0 aliphatic rings. The molecule has 0 fully saturated rings. The maximum absolute atomic E-state index is 3.47. The van der Waals surface area contributed by atoms with Crippen LogP contribution in [0.3, 0.4) is 0 Å². The number of hydrogen-bond donors (Lipinski definition) is 1. The minimum atomic E-state index is 1.11. The van der Waals surface area contributed by atoms with Crippen LogP contribution in [0.1, 0.15) is 36.2 Å². The van der Waals surface area contributed by atoms with Gasteiger partial charge in [-0.15, -0.1) is 0 Å². The zero-order valence-electron chi connectivity index (χ0n) is 10.1. The maximum atomic E-state index is 3.47. The predicted octanol–water partition coefficient (Wildman–Crippen LogP) is 3.91. The van der Waals surface area contributed by atoms with Crippen LogP contribution >= 0.6 is 0 Å². The third kappa shape index (κ3) is 1.56. The number of hydrogen-bond acceptors (Lipinski definition) is 0. The molecule has 1 heteroatoms. The van der Waals surface area contributed by atoms with Gasteiger partial charge in [-0.25, -0.2) is 0 Å². The van der Waals surface area contributed by atoms with E-state index >= 15 is 0 Å². The molecule has 0 aliphatic carbocycles. The van der Waals surface area contributed by atoms with Gasteiger partial charge in [0.25, 0.3) is 0 Å². The van der Waals surface area contributed by atoms with E-state index in [0.717, 1.165) is 12.8 Å². The molecule has 1 N–H and O–H groups in total. The molecule has 0 amide bonds. The van der Waals surface area contributed by atoms with Crippen LogP contribution in [0, 0.1) is 13.8 Å². The highest BCUT2D eigenvalue weighted by Gasteiger charge is 2.08. The van der Waals surface area contributed by atoms with Crippen molar-refractivity contribution in [2.75, 3.05) is 0 Å². The third-order valence-electron chi connectivity index (χ3n) is 3.31. The van der Waals surface area contributed by atoms with Crippen molar-refractivity contribution < 1.29 is 0 Å². The van der Waals surface area contributed by atoms with E-state index in [1.807, 2.05) is 0 Å². The van der Waals surface area contributed by atoms with Gasteiger partial charge in [0, 0.05) is 16.6 Å². The Bertz CT molecular complexity index is 491. The normalized spacial score (nSPS) is 11.2. The smallest absolute Gasteiger partial charge is 0.0461 e. The van der Waals surface area contributed by atoms with E-state index in [1.54, 1.807) is 0 Å². The Labute approximate surface area is 91.5 Å². The molecule has 1 aromatic heterocycles. The largest absolute Gasteiger partial charge is 0.358 e. The van der Waals surface area contributed by atoms with Crippen LogP contribution in [-0.2, 0) is 12.8 Å². The molecule has 0 unspecified atom stereocenters. The second kappa shape index (κ2) is 3.73. The molecule has 0 spiro atoms. The first-order valence-electron chi connectivity index (χ1n) is 5.78. The molecular weight excluding hydrogens is 182 g/mol. The Kier molecular flexibility index (Phi) is 2.56. The third-order valence-corrected chi connectivity index (χ3v) is 3.31. The number of rotatable bonds is 2. The summed E-state index contributed by atoms with van der Waals surface area (Å²) < 4.78 is 0. The van der Waals surface area contributed by atoms with Crippen LogP contribution in [0.15, 0.2) is 12.1 Å². The highest BCUT2D eigenvalue weighted by Crippen LogP contribution is 2.26. The Morgan fingerprint density at radius 2 is 1.80 bits per heavy atom. The van der Waals surface area contributed by atoms with Crippen molar-refractivity contribution in [1.29, 1.82) is 0 Å². The summed E-state index contributed by atoms with van der Waals surface area (Å²) in [5, 5.41) is 1.41. The van der Waals surface area contributed by atoms with Gasteiger partial charge in [0.15, 0.2) is 0 Å². The fraction of sp³-hybridized carbons (Fsp3) is 0.429. The minimum Gasteiger partial charge on any atom is -0.358 e. The molecule has 1 aromatic carbocycles. The van der Waals surface area contributed by atoms with Crippen LogP contribution in [0.2, 0.25) is 0 Å². The van der Waals surface area contributed by atoms with Gasteiger partial charge in [-0.05, 0) is 55.5 Å². The van der Waals surface area contributed by atoms with Gasteiger partial charge < -0.3 is 4.98 Å². The van der Waals surface area contributed by atoms with E-state index in [-0.39, 0.29) is 0 Å². The molecule has 0 saturated carbocycles. The molecule has 2 aromatic rings. The lowest BCUT2D eigenvalue weighted by Gasteiger charge is -2.04. The number of fused-ring (bicyclic) bond motifs is 1. The molecule has 1 nitrogen and oxygen atoms in total. The van der Waals surface area contributed by atoms with E-state index in [2.05, 4.69) is 44.8 Å². The van der Waals surface area contributed by atoms with Crippen molar-refractivity contribution in [3.8, 4) is 0 Å². The molecule has 0 atom stereocenters. The summed E-state index contributed by atoms with van der Waals surface area (Å²) in [5.41, 5.74) is 6.95. The zero-order valence-corrected chi connectivity index (χ0v) is 10.1. The fourth-order valence-corrected chi connectivity index (χ4v) is 2.42. The summed E-state index contributed by atoms with van der Waals surface area (Å²) in [4.78, 5) is 3.47. The Morgan fingerprint density at radius 3 is 2.40 bits per heavy atom. The van der Waals surface area contributed by atoms with Gasteiger partial charge >= 0.3 is 0 Å². The summed E-state index contributed by atoms with van der Waals surface area (Å²) in [6.07, 6.45) is 2.23. The summed E-state index contributed by atoms with van der Waals surface area (Å²) in [5.74, 6) is 0. The van der Waals surface area contributed by atoms with E-state index in [1.165, 1.54) is 33.3 Å². The minimum absolute atomic E-state index is 1.11. The average Bonchev–Trinajstić information content (AvgIpc) is 2.51. The summed E-state index contributed by atoms with van der Waals surface area (Å²) in [6.45, 7) is 8.81. The van der Waals surface area contributed by atoms with Crippen molar-refractivity contribution >= 4 is 10.9 Å². The number of aryl methyl sites for hydroxylation is 4. The lowest BCUT2D eigenvalue weighted by atomic mass is 10.0. The summed E-state index contributed by atoms with van der Waals surface area (Å²) >= 11 is 0. The lowest BCUT2D eigenvalue weighted by molar-refractivity contribution is 1.10. The predicted molar refractivity (Wildman–Crippen MR) is 66.5 cm³/mol. The number of aromatic nitrogens is 1. The first kappa shape index (κ1) is 10.3. The van der Waals surface area contributed by atoms with Crippen LogP contribution in [0.5, 0.6) is 0 Å². The molecular formula is C14H19N. The Balaban J connectivity index is 2.76. The van der Waals surface area contributed by atoms with Gasteiger partial charge in [0.1, 0.15) is 0 Å². The SMILES string of the molecule is CCc1cc2c(CC)c(C)[nH]c2cc1C. The van der Waals surface area contributed by atoms with Crippen LogP contribution in [0.25, 0.3) is 10.9 Å². The van der Waals surface area contributed by atoms with Crippen LogP contribution < -0.4 is 0 Å². The molecule has 0 saturated heterocycles. The number of benzene rings is 1. The van der Waals surface area contributed by atoms with Crippen molar-refractivity contribution in [2.24, 2.45) is 0 Å².